The lowest BCUT2D eigenvalue weighted by atomic mass is 10.0. The van der Waals surface area contributed by atoms with E-state index in [2.05, 4.69) is 15.3 Å². The third-order valence-corrected chi connectivity index (χ3v) is 5.44. The third-order valence-electron chi connectivity index (χ3n) is 5.44. The number of nitrogens with zero attached hydrogens (tertiary/aromatic N) is 3. The van der Waals surface area contributed by atoms with Crippen LogP contribution in [0.5, 0.6) is 5.75 Å². The molecule has 1 N–H and O–H groups in total. The minimum atomic E-state index is -0.246. The highest BCUT2D eigenvalue weighted by Crippen LogP contribution is 2.25. The summed E-state index contributed by atoms with van der Waals surface area (Å²) in [7, 11) is 0. The van der Waals surface area contributed by atoms with Gasteiger partial charge in [0.05, 0.1) is 24.8 Å². The highest BCUT2D eigenvalue weighted by atomic mass is 19.1. The molecular weight excluding hydrogens is 371 g/mol. The molecular formula is C22H21FN4O2. The summed E-state index contributed by atoms with van der Waals surface area (Å²) in [6.45, 7) is 2.52. The number of ether oxygens (including phenoxy) is 1. The topological polar surface area (TPSA) is 59.4 Å². The minimum Gasteiger partial charge on any atom is -0.491 e. The maximum absolute atomic E-state index is 13.2. The van der Waals surface area contributed by atoms with Crippen LogP contribution in [0.25, 0.3) is 0 Å². The average molecular weight is 392 g/mol. The number of hydrogen-bond acceptors (Lipinski definition) is 4. The number of hydrogen-bond donors (Lipinski definition) is 1. The second kappa shape index (κ2) is 7.24. The van der Waals surface area contributed by atoms with Crippen molar-refractivity contribution in [3.8, 4) is 5.75 Å². The van der Waals surface area contributed by atoms with E-state index in [1.807, 2.05) is 35.0 Å². The maximum atomic E-state index is 13.2. The van der Waals surface area contributed by atoms with E-state index in [0.717, 1.165) is 35.7 Å². The molecule has 0 radical (unpaired) electrons. The van der Waals surface area contributed by atoms with Crippen molar-refractivity contribution in [2.75, 3.05) is 18.1 Å². The van der Waals surface area contributed by atoms with E-state index in [1.165, 1.54) is 12.1 Å². The van der Waals surface area contributed by atoms with E-state index in [1.54, 1.807) is 12.1 Å². The number of halogens is 1. The number of fused-ring (bicyclic) bond motifs is 2. The summed E-state index contributed by atoms with van der Waals surface area (Å²) in [6, 6.07) is 16.1. The average Bonchev–Trinajstić information content (AvgIpc) is 3.18. The molecule has 7 heteroatoms. The van der Waals surface area contributed by atoms with Crippen LogP contribution >= 0.6 is 0 Å². The van der Waals surface area contributed by atoms with Gasteiger partial charge in [0.25, 0.3) is 5.91 Å². The lowest BCUT2D eigenvalue weighted by Crippen LogP contribution is -2.42. The lowest BCUT2D eigenvalue weighted by Gasteiger charge is -2.29. The normalized spacial score (nSPS) is 17.8. The minimum absolute atomic E-state index is 0.0770. The molecule has 0 fully saturated rings. The zero-order valence-electron chi connectivity index (χ0n) is 15.8. The molecule has 2 aromatic carbocycles. The van der Waals surface area contributed by atoms with Gasteiger partial charge in [-0.25, -0.2) is 4.39 Å². The zero-order chi connectivity index (χ0) is 19.8. The fraction of sp³-hybridized carbons (Fsp3) is 0.273. The maximum Gasteiger partial charge on any atom is 0.272 e. The first kappa shape index (κ1) is 17.7. The third kappa shape index (κ3) is 3.55. The molecule has 1 amide bonds. The number of carbonyl (C=O) groups is 1. The molecule has 0 bridgehead atoms. The van der Waals surface area contributed by atoms with Crippen LogP contribution in [-0.2, 0) is 19.5 Å². The van der Waals surface area contributed by atoms with Crippen LogP contribution in [0.3, 0.4) is 0 Å². The summed E-state index contributed by atoms with van der Waals surface area (Å²) in [5.74, 6) is 0.452. The Kier molecular flexibility index (Phi) is 4.42. The largest absolute Gasteiger partial charge is 0.491 e. The number of rotatable bonds is 3. The molecule has 29 heavy (non-hydrogen) atoms. The van der Waals surface area contributed by atoms with Crippen LogP contribution in [0.2, 0.25) is 0 Å². The molecule has 3 aromatic rings. The Morgan fingerprint density at radius 1 is 1.14 bits per heavy atom. The van der Waals surface area contributed by atoms with Gasteiger partial charge in [-0.3, -0.25) is 9.48 Å². The summed E-state index contributed by atoms with van der Waals surface area (Å²) >= 11 is 0. The molecule has 0 saturated carbocycles. The quantitative estimate of drug-likeness (QED) is 0.745. The van der Waals surface area contributed by atoms with E-state index in [9.17, 15) is 9.18 Å². The van der Waals surface area contributed by atoms with Gasteiger partial charge < -0.3 is 15.0 Å². The fourth-order valence-electron chi connectivity index (χ4n) is 3.93. The predicted octanol–water partition coefficient (Wildman–Crippen LogP) is 2.78. The van der Waals surface area contributed by atoms with Crippen molar-refractivity contribution in [1.29, 1.82) is 0 Å². The van der Waals surface area contributed by atoms with Crippen molar-refractivity contribution < 1.29 is 13.9 Å². The molecule has 5 rings (SSSR count). The van der Waals surface area contributed by atoms with Crippen LogP contribution in [0.1, 0.15) is 21.7 Å². The van der Waals surface area contributed by atoms with E-state index in [-0.39, 0.29) is 17.8 Å². The fourth-order valence-corrected chi connectivity index (χ4v) is 3.93. The van der Waals surface area contributed by atoms with Crippen molar-refractivity contribution >= 4 is 11.6 Å². The standard InChI is InChI=1S/C22H21FN4O2/c23-16-5-7-18(8-6-16)26-9-10-27-19(13-26)12-20(25-27)22(28)24-17-11-15-3-1-2-4-21(15)29-14-17/h1-8,12,17H,9-11,13-14H2,(H,24,28). The Hall–Kier alpha value is -3.35. The van der Waals surface area contributed by atoms with Crippen molar-refractivity contribution in [2.24, 2.45) is 0 Å². The van der Waals surface area contributed by atoms with E-state index >= 15 is 0 Å². The smallest absolute Gasteiger partial charge is 0.272 e. The van der Waals surface area contributed by atoms with Gasteiger partial charge in [0, 0.05) is 12.2 Å². The van der Waals surface area contributed by atoms with Gasteiger partial charge in [0.1, 0.15) is 18.2 Å². The molecule has 0 spiro atoms. The lowest BCUT2D eigenvalue weighted by molar-refractivity contribution is 0.0909. The number of aromatic nitrogens is 2. The summed E-state index contributed by atoms with van der Waals surface area (Å²) in [5.41, 5.74) is 3.45. The molecule has 0 aliphatic carbocycles. The molecule has 148 valence electrons. The van der Waals surface area contributed by atoms with Crippen molar-refractivity contribution in [3.63, 3.8) is 0 Å². The molecule has 1 aromatic heterocycles. The summed E-state index contributed by atoms with van der Waals surface area (Å²) in [4.78, 5) is 14.9. The Labute approximate surface area is 167 Å². The van der Waals surface area contributed by atoms with E-state index < -0.39 is 0 Å². The molecule has 1 unspecified atom stereocenters. The summed E-state index contributed by atoms with van der Waals surface area (Å²) < 4.78 is 20.8. The second-order valence-corrected chi connectivity index (χ2v) is 7.44. The highest BCUT2D eigenvalue weighted by molar-refractivity contribution is 5.92. The Morgan fingerprint density at radius 2 is 1.97 bits per heavy atom. The zero-order valence-corrected chi connectivity index (χ0v) is 15.8. The first-order valence-electron chi connectivity index (χ1n) is 9.74. The van der Waals surface area contributed by atoms with Gasteiger partial charge >= 0.3 is 0 Å². The molecule has 2 aliphatic rings. The number of amides is 1. The first-order chi connectivity index (χ1) is 14.2. The molecule has 1 atom stereocenters. The summed E-state index contributed by atoms with van der Waals surface area (Å²) in [6.07, 6.45) is 0.744. The van der Waals surface area contributed by atoms with Crippen LogP contribution in [-0.4, -0.2) is 34.9 Å². The van der Waals surface area contributed by atoms with Gasteiger partial charge in [0.15, 0.2) is 5.69 Å². The number of benzene rings is 2. The summed E-state index contributed by atoms with van der Waals surface area (Å²) in [5, 5.41) is 7.52. The van der Waals surface area contributed by atoms with Crippen LogP contribution in [0.4, 0.5) is 10.1 Å². The van der Waals surface area contributed by atoms with Crippen LogP contribution < -0.4 is 15.0 Å². The number of anilines is 1. The molecule has 6 nitrogen and oxygen atoms in total. The van der Waals surface area contributed by atoms with Crippen molar-refractivity contribution in [2.45, 2.75) is 25.6 Å². The second-order valence-electron chi connectivity index (χ2n) is 7.44. The Bertz CT molecular complexity index is 1050. The van der Waals surface area contributed by atoms with Gasteiger partial charge in [-0.05, 0) is 48.4 Å². The highest BCUT2D eigenvalue weighted by Gasteiger charge is 2.25. The predicted molar refractivity (Wildman–Crippen MR) is 107 cm³/mol. The van der Waals surface area contributed by atoms with E-state index in [0.29, 0.717) is 25.4 Å². The Morgan fingerprint density at radius 3 is 2.83 bits per heavy atom. The first-order valence-corrected chi connectivity index (χ1v) is 9.74. The van der Waals surface area contributed by atoms with Crippen molar-refractivity contribution in [3.05, 3.63) is 77.4 Å². The van der Waals surface area contributed by atoms with Gasteiger partial charge in [-0.15, -0.1) is 0 Å². The van der Waals surface area contributed by atoms with Gasteiger partial charge in [0.2, 0.25) is 0 Å². The SMILES string of the molecule is O=C(NC1COc2ccccc2C1)c1cc2n(n1)CCN(c1ccc(F)cc1)C2. The Balaban J connectivity index is 1.26. The monoisotopic (exact) mass is 392 g/mol. The van der Waals surface area contributed by atoms with Gasteiger partial charge in [-0.1, -0.05) is 18.2 Å². The molecule has 0 saturated heterocycles. The number of para-hydroxylation sites is 1. The molecule has 3 heterocycles. The van der Waals surface area contributed by atoms with E-state index in [4.69, 9.17) is 4.74 Å². The van der Waals surface area contributed by atoms with Crippen LogP contribution in [0.15, 0.2) is 54.6 Å². The van der Waals surface area contributed by atoms with Gasteiger partial charge in [-0.2, -0.15) is 5.10 Å². The van der Waals surface area contributed by atoms with Crippen LogP contribution in [0, 0.1) is 5.82 Å². The number of carbonyl (C=O) groups excluding carboxylic acids is 1. The number of nitrogens with one attached hydrogen (secondary N) is 1. The molecule has 2 aliphatic heterocycles. The van der Waals surface area contributed by atoms with Crippen molar-refractivity contribution in [1.82, 2.24) is 15.1 Å².